The van der Waals surface area contributed by atoms with Gasteiger partial charge in [-0.1, -0.05) is 5.92 Å². The molecule has 2 aliphatic rings. The molecule has 1 unspecified atom stereocenters. The molecule has 1 aliphatic carbocycles. The average molecular weight is 321 g/mol. The van der Waals surface area contributed by atoms with Crippen molar-refractivity contribution in [2.24, 2.45) is 0 Å². The SMILES string of the molecule is C#C[C@]1(O)[C@H](n2cnc3c(N)ncnc32)O[C@]2(CF)C(O)[C@@]21O. The molecule has 0 aromatic carbocycles. The van der Waals surface area contributed by atoms with Crippen LogP contribution >= 0.6 is 0 Å². The molecule has 2 fully saturated rings. The predicted molar refractivity (Wildman–Crippen MR) is 73.3 cm³/mol. The number of aliphatic hydroxyl groups excluding tert-OH is 1. The first-order valence-electron chi connectivity index (χ1n) is 6.64. The molecule has 3 heterocycles. The molecule has 1 aliphatic heterocycles. The summed E-state index contributed by atoms with van der Waals surface area (Å²) >= 11 is 0. The van der Waals surface area contributed by atoms with Gasteiger partial charge in [-0.2, -0.15) is 0 Å². The molecular weight excluding hydrogens is 309 g/mol. The number of terminal acetylenes is 1. The summed E-state index contributed by atoms with van der Waals surface area (Å²) in [6.45, 7) is -1.23. The Morgan fingerprint density at radius 2 is 2.17 bits per heavy atom. The smallest absolute Gasteiger partial charge is 0.205 e. The second kappa shape index (κ2) is 3.95. The Hall–Kier alpha value is -2.32. The van der Waals surface area contributed by atoms with Crippen molar-refractivity contribution >= 4 is 17.0 Å². The summed E-state index contributed by atoms with van der Waals surface area (Å²) in [6, 6.07) is 0. The van der Waals surface area contributed by atoms with Gasteiger partial charge >= 0.3 is 0 Å². The van der Waals surface area contributed by atoms with Crippen LogP contribution in [0.5, 0.6) is 0 Å². The molecule has 10 heteroatoms. The van der Waals surface area contributed by atoms with Crippen molar-refractivity contribution in [3.63, 3.8) is 0 Å². The molecule has 0 radical (unpaired) electrons. The van der Waals surface area contributed by atoms with E-state index in [0.29, 0.717) is 0 Å². The van der Waals surface area contributed by atoms with Gasteiger partial charge in [0.25, 0.3) is 0 Å². The van der Waals surface area contributed by atoms with Gasteiger partial charge in [-0.15, -0.1) is 6.42 Å². The second-order valence-electron chi connectivity index (χ2n) is 5.66. The number of hydrogen-bond donors (Lipinski definition) is 4. The number of nitrogen functional groups attached to an aromatic ring is 1. The van der Waals surface area contributed by atoms with Gasteiger partial charge in [-0.3, -0.25) is 4.57 Å². The highest BCUT2D eigenvalue weighted by Crippen LogP contribution is 2.67. The fraction of sp³-hybridized carbons (Fsp3) is 0.462. The lowest BCUT2D eigenvalue weighted by molar-refractivity contribution is -0.146. The van der Waals surface area contributed by atoms with Crippen LogP contribution in [0.1, 0.15) is 6.23 Å². The number of fused-ring (bicyclic) bond motifs is 2. The van der Waals surface area contributed by atoms with Gasteiger partial charge in [-0.25, -0.2) is 19.3 Å². The largest absolute Gasteiger partial charge is 0.387 e. The molecule has 23 heavy (non-hydrogen) atoms. The van der Waals surface area contributed by atoms with Crippen LogP contribution in [0.3, 0.4) is 0 Å². The summed E-state index contributed by atoms with van der Waals surface area (Å²) < 4.78 is 20.1. The minimum atomic E-state index is -2.38. The quantitative estimate of drug-likeness (QED) is 0.471. The van der Waals surface area contributed by atoms with E-state index < -0.39 is 35.8 Å². The van der Waals surface area contributed by atoms with E-state index in [1.807, 2.05) is 5.92 Å². The van der Waals surface area contributed by atoms with Crippen LogP contribution in [0, 0.1) is 12.3 Å². The van der Waals surface area contributed by atoms with Crippen LogP contribution in [0.25, 0.3) is 11.2 Å². The number of alkyl halides is 1. The van der Waals surface area contributed by atoms with Gasteiger partial charge < -0.3 is 25.8 Å². The average Bonchev–Trinajstić information content (AvgIpc) is 2.86. The Kier molecular flexibility index (Phi) is 2.45. The third kappa shape index (κ3) is 1.27. The number of nitrogens with zero attached hydrogens (tertiary/aromatic N) is 4. The van der Waals surface area contributed by atoms with Gasteiger partial charge in [-0.05, 0) is 0 Å². The number of halogens is 1. The first-order chi connectivity index (χ1) is 10.9. The molecule has 120 valence electrons. The van der Waals surface area contributed by atoms with E-state index in [4.69, 9.17) is 16.9 Å². The lowest BCUT2D eigenvalue weighted by atomic mass is 9.92. The van der Waals surface area contributed by atoms with E-state index in [1.54, 1.807) is 0 Å². The highest BCUT2D eigenvalue weighted by Gasteiger charge is 2.93. The fourth-order valence-corrected chi connectivity index (χ4v) is 3.32. The van der Waals surface area contributed by atoms with E-state index in [1.165, 1.54) is 17.2 Å². The Balaban J connectivity index is 1.90. The van der Waals surface area contributed by atoms with Crippen molar-refractivity contribution in [2.75, 3.05) is 12.4 Å². The maximum absolute atomic E-state index is 13.4. The van der Waals surface area contributed by atoms with Crippen LogP contribution in [-0.2, 0) is 4.74 Å². The summed E-state index contributed by atoms with van der Waals surface area (Å²) in [7, 11) is 0. The summed E-state index contributed by atoms with van der Waals surface area (Å²) in [4.78, 5) is 11.8. The Bertz CT molecular complexity index is 868. The lowest BCUT2D eigenvalue weighted by Crippen LogP contribution is -2.50. The van der Waals surface area contributed by atoms with Crippen molar-refractivity contribution in [1.29, 1.82) is 0 Å². The fourth-order valence-electron chi connectivity index (χ4n) is 3.32. The van der Waals surface area contributed by atoms with E-state index in [2.05, 4.69) is 15.0 Å². The van der Waals surface area contributed by atoms with Crippen LogP contribution in [0.2, 0.25) is 0 Å². The van der Waals surface area contributed by atoms with Gasteiger partial charge in [0.15, 0.2) is 28.9 Å². The van der Waals surface area contributed by atoms with Crippen LogP contribution in [0.4, 0.5) is 10.2 Å². The number of imidazole rings is 1. The number of anilines is 1. The number of hydrogen-bond acceptors (Lipinski definition) is 8. The minimum Gasteiger partial charge on any atom is -0.387 e. The summed E-state index contributed by atoms with van der Waals surface area (Å²) in [5, 5.41) is 31.1. The minimum absolute atomic E-state index is 0.0973. The van der Waals surface area contributed by atoms with Crippen LogP contribution in [-0.4, -0.2) is 64.4 Å². The molecule has 5 atom stereocenters. The van der Waals surface area contributed by atoms with Crippen molar-refractivity contribution < 1.29 is 24.4 Å². The standard InChI is InChI=1S/C13H12FN5O4/c1-2-11(21)10(23-12(3-14)9(20)13(11,12)22)19-5-18-6-7(15)16-4-17-8(6)19/h1,4-5,9-10,20-22H,3H2,(H2,15,16,17)/t9?,10-,11+,12-,13+/m1/s1. The molecule has 4 rings (SSSR count). The zero-order valence-electron chi connectivity index (χ0n) is 11.6. The molecule has 5 N–H and O–H groups in total. The van der Waals surface area contributed by atoms with Crippen molar-refractivity contribution in [3.8, 4) is 12.3 Å². The lowest BCUT2D eigenvalue weighted by Gasteiger charge is -2.30. The zero-order valence-corrected chi connectivity index (χ0v) is 11.6. The highest BCUT2D eigenvalue weighted by atomic mass is 19.1. The Labute approximate surface area is 128 Å². The molecule has 1 saturated heterocycles. The first kappa shape index (κ1) is 14.3. The molecule has 9 nitrogen and oxygen atoms in total. The van der Waals surface area contributed by atoms with Gasteiger partial charge in [0.2, 0.25) is 5.60 Å². The molecule has 0 bridgehead atoms. The zero-order chi connectivity index (χ0) is 16.6. The maximum Gasteiger partial charge on any atom is 0.205 e. The first-order valence-corrected chi connectivity index (χ1v) is 6.64. The van der Waals surface area contributed by atoms with E-state index >= 15 is 0 Å². The maximum atomic E-state index is 13.4. The van der Waals surface area contributed by atoms with Crippen molar-refractivity contribution in [2.45, 2.75) is 29.1 Å². The van der Waals surface area contributed by atoms with E-state index in [9.17, 15) is 19.7 Å². The van der Waals surface area contributed by atoms with Gasteiger partial charge in [0, 0.05) is 0 Å². The number of rotatable bonds is 2. The van der Waals surface area contributed by atoms with Crippen molar-refractivity contribution in [3.05, 3.63) is 12.7 Å². The molecular formula is C13H12FN5O4. The van der Waals surface area contributed by atoms with Crippen LogP contribution < -0.4 is 5.73 Å². The van der Waals surface area contributed by atoms with Crippen LogP contribution in [0.15, 0.2) is 12.7 Å². The molecule has 1 saturated carbocycles. The molecule has 2 aromatic heterocycles. The summed E-state index contributed by atoms with van der Waals surface area (Å²) in [6.07, 6.45) is 4.71. The molecule has 0 amide bonds. The summed E-state index contributed by atoms with van der Waals surface area (Å²) in [5.41, 5.74) is -0.602. The normalized spacial score (nSPS) is 41.7. The number of ether oxygens (including phenoxy) is 1. The number of aliphatic hydroxyl groups is 3. The highest BCUT2D eigenvalue weighted by molar-refractivity contribution is 5.81. The third-order valence-electron chi connectivity index (χ3n) is 4.72. The number of nitrogens with two attached hydrogens (primary N) is 1. The Morgan fingerprint density at radius 3 is 2.83 bits per heavy atom. The van der Waals surface area contributed by atoms with Gasteiger partial charge in [0.05, 0.1) is 6.33 Å². The third-order valence-corrected chi connectivity index (χ3v) is 4.72. The predicted octanol–water partition coefficient (Wildman–Crippen LogP) is -1.88. The second-order valence-corrected chi connectivity index (χ2v) is 5.66. The van der Waals surface area contributed by atoms with E-state index in [-0.39, 0.29) is 17.0 Å². The Morgan fingerprint density at radius 1 is 1.43 bits per heavy atom. The molecule has 0 spiro atoms. The topological polar surface area (TPSA) is 140 Å². The summed E-state index contributed by atoms with van der Waals surface area (Å²) in [5.74, 6) is 2.11. The van der Waals surface area contributed by atoms with Gasteiger partial charge in [0.1, 0.15) is 24.6 Å². The van der Waals surface area contributed by atoms with E-state index in [0.717, 1.165) is 0 Å². The monoisotopic (exact) mass is 321 g/mol. The van der Waals surface area contributed by atoms with Crippen molar-refractivity contribution in [1.82, 2.24) is 19.5 Å². The number of aromatic nitrogens is 4. The molecule has 2 aromatic rings.